The van der Waals surface area contributed by atoms with E-state index >= 15 is 0 Å². The van der Waals surface area contributed by atoms with E-state index in [9.17, 15) is 4.79 Å². The zero-order valence-corrected chi connectivity index (χ0v) is 8.23. The molecule has 0 saturated carbocycles. The number of aryl methyl sites for hydroxylation is 1. The molecular weight excluding hydrogens is 182 g/mol. The second-order valence-electron chi connectivity index (χ2n) is 3.11. The summed E-state index contributed by atoms with van der Waals surface area (Å²) in [5, 5.41) is 9.00. The molecule has 0 spiro atoms. The molecule has 1 aromatic heterocycles. The van der Waals surface area contributed by atoms with Crippen LogP contribution in [0.15, 0.2) is 12.1 Å². The van der Waals surface area contributed by atoms with Gasteiger partial charge in [-0.15, -0.1) is 0 Å². The average Bonchev–Trinajstić information content (AvgIpc) is 2.15. The first-order valence-electron chi connectivity index (χ1n) is 4.37. The largest absolute Gasteiger partial charge is 0.489 e. The fraction of sp³-hybridized carbons (Fsp3) is 0.400. The molecule has 1 heterocycles. The van der Waals surface area contributed by atoms with Crippen molar-refractivity contribution < 1.29 is 14.6 Å². The van der Waals surface area contributed by atoms with Crippen molar-refractivity contribution in [3.05, 3.63) is 23.5 Å². The van der Waals surface area contributed by atoms with Crippen LogP contribution in [0, 0.1) is 6.92 Å². The average molecular weight is 195 g/mol. The van der Waals surface area contributed by atoms with Gasteiger partial charge in [0.05, 0.1) is 6.10 Å². The van der Waals surface area contributed by atoms with E-state index in [0.29, 0.717) is 12.0 Å². The molecule has 0 aliphatic carbocycles. The molecule has 0 radical (unpaired) electrons. The number of carbonyl (C=O) groups is 1. The van der Waals surface area contributed by atoms with Crippen LogP contribution in [0.25, 0.3) is 0 Å². The molecule has 0 aliphatic heterocycles. The molecule has 4 nitrogen and oxygen atoms in total. The van der Waals surface area contributed by atoms with Crippen molar-refractivity contribution in [2.24, 2.45) is 0 Å². The number of carbonyl (C=O) groups excluding carboxylic acids is 1. The summed E-state index contributed by atoms with van der Waals surface area (Å²) in [6.07, 6.45) is 0.0838. The molecule has 0 fully saturated rings. The number of rotatable bonds is 4. The SMILES string of the molecule is Cc1ccc(OCC(C)O)c(C=O)n1. The standard InChI is InChI=1S/C10H13NO3/c1-7-3-4-10(9(5-12)11-7)14-6-8(2)13/h3-5,8,13H,6H2,1-2H3. The number of pyridine rings is 1. The van der Waals surface area contributed by atoms with E-state index in [1.54, 1.807) is 26.0 Å². The Hall–Kier alpha value is -1.42. The van der Waals surface area contributed by atoms with Gasteiger partial charge in [-0.1, -0.05) is 0 Å². The summed E-state index contributed by atoms with van der Waals surface area (Å²) < 4.78 is 5.20. The van der Waals surface area contributed by atoms with E-state index < -0.39 is 6.10 Å². The number of aliphatic hydroxyl groups is 1. The normalized spacial score (nSPS) is 12.2. The molecule has 0 bridgehead atoms. The van der Waals surface area contributed by atoms with Crippen molar-refractivity contribution in [3.8, 4) is 5.75 Å². The zero-order valence-electron chi connectivity index (χ0n) is 8.23. The van der Waals surface area contributed by atoms with Crippen LogP contribution >= 0.6 is 0 Å². The fourth-order valence-electron chi connectivity index (χ4n) is 0.981. The quantitative estimate of drug-likeness (QED) is 0.727. The minimum Gasteiger partial charge on any atom is -0.489 e. The molecule has 1 unspecified atom stereocenters. The first-order valence-corrected chi connectivity index (χ1v) is 4.37. The molecule has 1 N–H and O–H groups in total. The van der Waals surface area contributed by atoms with Crippen LogP contribution in [0.3, 0.4) is 0 Å². The van der Waals surface area contributed by atoms with Gasteiger partial charge in [-0.2, -0.15) is 0 Å². The Kier molecular flexibility index (Phi) is 3.59. The van der Waals surface area contributed by atoms with Crippen LogP contribution in [0.2, 0.25) is 0 Å². The number of hydrogen-bond donors (Lipinski definition) is 1. The van der Waals surface area contributed by atoms with Gasteiger partial charge < -0.3 is 9.84 Å². The van der Waals surface area contributed by atoms with Crippen molar-refractivity contribution in [3.63, 3.8) is 0 Å². The monoisotopic (exact) mass is 195 g/mol. The highest BCUT2D eigenvalue weighted by molar-refractivity contribution is 5.76. The van der Waals surface area contributed by atoms with Crippen LogP contribution in [-0.4, -0.2) is 29.1 Å². The van der Waals surface area contributed by atoms with Crippen LogP contribution in [0.4, 0.5) is 0 Å². The molecule has 1 rings (SSSR count). The minimum atomic E-state index is -0.559. The summed E-state index contributed by atoms with van der Waals surface area (Å²) in [5.74, 6) is 0.409. The molecule has 0 amide bonds. The molecule has 76 valence electrons. The third-order valence-electron chi connectivity index (χ3n) is 1.62. The Labute approximate surface area is 82.5 Å². The molecule has 1 aromatic rings. The smallest absolute Gasteiger partial charge is 0.172 e. The highest BCUT2D eigenvalue weighted by Crippen LogP contribution is 2.14. The van der Waals surface area contributed by atoms with Gasteiger partial charge in [0.25, 0.3) is 0 Å². The summed E-state index contributed by atoms with van der Waals surface area (Å²) in [5.41, 5.74) is 1.03. The number of aldehydes is 1. The Morgan fingerprint density at radius 3 is 2.93 bits per heavy atom. The number of nitrogens with zero attached hydrogens (tertiary/aromatic N) is 1. The van der Waals surface area contributed by atoms with Gasteiger partial charge in [0.2, 0.25) is 0 Å². The number of aliphatic hydroxyl groups excluding tert-OH is 1. The zero-order chi connectivity index (χ0) is 10.6. The second-order valence-corrected chi connectivity index (χ2v) is 3.11. The lowest BCUT2D eigenvalue weighted by atomic mass is 10.3. The lowest BCUT2D eigenvalue weighted by Gasteiger charge is -2.09. The van der Waals surface area contributed by atoms with Crippen LogP contribution < -0.4 is 4.74 Å². The van der Waals surface area contributed by atoms with Crippen LogP contribution in [-0.2, 0) is 0 Å². The topological polar surface area (TPSA) is 59.4 Å². The molecule has 0 aromatic carbocycles. The Morgan fingerprint density at radius 1 is 1.64 bits per heavy atom. The van der Waals surface area contributed by atoms with E-state index in [-0.39, 0.29) is 12.3 Å². The van der Waals surface area contributed by atoms with Gasteiger partial charge >= 0.3 is 0 Å². The van der Waals surface area contributed by atoms with Gasteiger partial charge in [0, 0.05) is 5.69 Å². The number of hydrogen-bond acceptors (Lipinski definition) is 4. The highest BCUT2D eigenvalue weighted by atomic mass is 16.5. The Balaban J connectivity index is 2.80. The molecular formula is C10H13NO3. The summed E-state index contributed by atoms with van der Waals surface area (Å²) >= 11 is 0. The van der Waals surface area contributed by atoms with Crippen molar-refractivity contribution in [1.82, 2.24) is 4.98 Å². The Morgan fingerprint density at radius 2 is 2.36 bits per heavy atom. The van der Waals surface area contributed by atoms with Gasteiger partial charge in [-0.25, -0.2) is 4.98 Å². The van der Waals surface area contributed by atoms with Crippen molar-refractivity contribution in [2.45, 2.75) is 20.0 Å². The maximum Gasteiger partial charge on any atom is 0.172 e. The first-order chi connectivity index (χ1) is 6.63. The molecule has 0 aliphatic rings. The van der Waals surface area contributed by atoms with Gasteiger partial charge in [0.1, 0.15) is 18.1 Å². The number of aromatic nitrogens is 1. The fourth-order valence-corrected chi connectivity index (χ4v) is 0.981. The molecule has 4 heteroatoms. The van der Waals surface area contributed by atoms with E-state index in [1.807, 2.05) is 0 Å². The van der Waals surface area contributed by atoms with Crippen molar-refractivity contribution >= 4 is 6.29 Å². The van der Waals surface area contributed by atoms with E-state index in [0.717, 1.165) is 5.69 Å². The highest BCUT2D eigenvalue weighted by Gasteiger charge is 2.05. The maximum absolute atomic E-state index is 10.6. The van der Waals surface area contributed by atoms with Crippen molar-refractivity contribution in [1.29, 1.82) is 0 Å². The van der Waals surface area contributed by atoms with Gasteiger partial charge in [-0.3, -0.25) is 4.79 Å². The Bertz CT molecular complexity index is 323. The predicted octanol–water partition coefficient (Wildman–Crippen LogP) is 0.962. The maximum atomic E-state index is 10.6. The second kappa shape index (κ2) is 4.72. The van der Waals surface area contributed by atoms with Crippen LogP contribution in [0.5, 0.6) is 5.75 Å². The first kappa shape index (κ1) is 10.7. The van der Waals surface area contributed by atoms with Crippen molar-refractivity contribution in [2.75, 3.05) is 6.61 Å². The third kappa shape index (κ3) is 2.81. The summed E-state index contributed by atoms with van der Waals surface area (Å²) in [7, 11) is 0. The lowest BCUT2D eigenvalue weighted by Crippen LogP contribution is -2.14. The number of ether oxygens (including phenoxy) is 1. The lowest BCUT2D eigenvalue weighted by molar-refractivity contribution is 0.109. The van der Waals surface area contributed by atoms with Gasteiger partial charge in [0.15, 0.2) is 6.29 Å². The van der Waals surface area contributed by atoms with E-state index in [2.05, 4.69) is 4.98 Å². The summed E-state index contributed by atoms with van der Waals surface area (Å²) in [4.78, 5) is 14.6. The summed E-state index contributed by atoms with van der Waals surface area (Å²) in [6, 6.07) is 3.43. The molecule has 0 saturated heterocycles. The summed E-state index contributed by atoms with van der Waals surface area (Å²) in [6.45, 7) is 3.57. The van der Waals surface area contributed by atoms with Crippen LogP contribution in [0.1, 0.15) is 23.1 Å². The predicted molar refractivity (Wildman–Crippen MR) is 51.5 cm³/mol. The van der Waals surface area contributed by atoms with E-state index in [1.165, 1.54) is 0 Å². The molecule has 14 heavy (non-hydrogen) atoms. The third-order valence-corrected chi connectivity index (χ3v) is 1.62. The van der Waals surface area contributed by atoms with E-state index in [4.69, 9.17) is 9.84 Å². The molecule has 1 atom stereocenters. The minimum absolute atomic E-state index is 0.158. The van der Waals surface area contributed by atoms with Gasteiger partial charge in [-0.05, 0) is 26.0 Å².